The van der Waals surface area contributed by atoms with E-state index in [0.717, 1.165) is 11.1 Å². The van der Waals surface area contributed by atoms with Crippen molar-refractivity contribution < 1.29 is 28.9 Å². The number of hydrogen-bond donors (Lipinski definition) is 1. The molecule has 0 aliphatic carbocycles. The molecule has 0 saturated carbocycles. The van der Waals surface area contributed by atoms with Crippen molar-refractivity contribution >= 4 is 17.4 Å². The van der Waals surface area contributed by atoms with Crippen LogP contribution in [0.1, 0.15) is 28.3 Å². The first-order chi connectivity index (χ1) is 17.3. The van der Waals surface area contributed by atoms with Crippen LogP contribution in [0.2, 0.25) is 0 Å². The Kier molecular flexibility index (Phi) is 7.29. The van der Waals surface area contributed by atoms with Gasteiger partial charge >= 0.3 is 0 Å². The van der Waals surface area contributed by atoms with Crippen molar-refractivity contribution in [3.8, 4) is 17.2 Å². The molecule has 0 spiro atoms. The predicted molar refractivity (Wildman–Crippen MR) is 136 cm³/mol. The van der Waals surface area contributed by atoms with Gasteiger partial charge < -0.3 is 24.2 Å². The lowest BCUT2D eigenvalue weighted by atomic mass is 9.93. The Bertz CT molecular complexity index is 1310. The second kappa shape index (κ2) is 10.6. The standard InChI is InChI=1S/C29H29NO6/c1-18-8-9-19(2)24(16-18)27(31)25-26(20-6-5-7-23(17-20)35-4)30(29(33)28(25)32)14-15-36-22-12-10-21(34-3)11-13-22/h5-13,16-17,26,31H,14-15H2,1-4H3/b27-25+. The van der Waals surface area contributed by atoms with Gasteiger partial charge in [0.05, 0.1) is 32.4 Å². The molecule has 3 aromatic rings. The Morgan fingerprint density at radius 2 is 1.58 bits per heavy atom. The minimum Gasteiger partial charge on any atom is -0.507 e. The third-order valence-electron chi connectivity index (χ3n) is 6.26. The van der Waals surface area contributed by atoms with Crippen molar-refractivity contribution in [3.05, 3.63) is 94.6 Å². The van der Waals surface area contributed by atoms with E-state index in [1.165, 1.54) is 4.90 Å². The van der Waals surface area contributed by atoms with E-state index in [9.17, 15) is 14.7 Å². The van der Waals surface area contributed by atoms with Crippen LogP contribution in [-0.4, -0.2) is 49.1 Å². The molecule has 1 fully saturated rings. The molecule has 1 N–H and O–H groups in total. The van der Waals surface area contributed by atoms with E-state index in [1.54, 1.807) is 56.7 Å². The van der Waals surface area contributed by atoms with Gasteiger partial charge in [-0.2, -0.15) is 0 Å². The molecule has 0 bridgehead atoms. The monoisotopic (exact) mass is 487 g/mol. The first-order valence-electron chi connectivity index (χ1n) is 11.6. The Labute approximate surface area is 210 Å². The van der Waals surface area contributed by atoms with Crippen LogP contribution in [0.25, 0.3) is 5.76 Å². The molecule has 0 aromatic heterocycles. The maximum Gasteiger partial charge on any atom is 0.295 e. The topological polar surface area (TPSA) is 85.3 Å². The zero-order valence-electron chi connectivity index (χ0n) is 20.8. The van der Waals surface area contributed by atoms with E-state index in [0.29, 0.717) is 28.4 Å². The van der Waals surface area contributed by atoms with Gasteiger partial charge in [0.1, 0.15) is 29.6 Å². The number of hydrogen-bond acceptors (Lipinski definition) is 6. The van der Waals surface area contributed by atoms with E-state index < -0.39 is 17.7 Å². The van der Waals surface area contributed by atoms with Crippen molar-refractivity contribution in [3.63, 3.8) is 0 Å². The summed E-state index contributed by atoms with van der Waals surface area (Å²) < 4.78 is 16.4. The molecule has 1 saturated heterocycles. The van der Waals surface area contributed by atoms with Gasteiger partial charge in [-0.15, -0.1) is 0 Å². The number of aliphatic hydroxyl groups is 1. The summed E-state index contributed by atoms with van der Waals surface area (Å²) in [5.41, 5.74) is 2.96. The lowest BCUT2D eigenvalue weighted by Gasteiger charge is -2.25. The van der Waals surface area contributed by atoms with Crippen LogP contribution < -0.4 is 14.2 Å². The van der Waals surface area contributed by atoms with Gasteiger partial charge in [0, 0.05) is 5.56 Å². The molecule has 186 valence electrons. The van der Waals surface area contributed by atoms with Gasteiger partial charge in [0.25, 0.3) is 11.7 Å². The molecular weight excluding hydrogens is 458 g/mol. The normalized spacial score (nSPS) is 16.8. The fourth-order valence-electron chi connectivity index (χ4n) is 4.34. The summed E-state index contributed by atoms with van der Waals surface area (Å²) in [5.74, 6) is 0.289. The number of Topliss-reactive ketones (excluding diaryl/α,β-unsaturated/α-hetero) is 1. The van der Waals surface area contributed by atoms with Crippen LogP contribution in [-0.2, 0) is 9.59 Å². The first-order valence-corrected chi connectivity index (χ1v) is 11.6. The summed E-state index contributed by atoms with van der Waals surface area (Å²) in [4.78, 5) is 27.9. The number of benzene rings is 3. The van der Waals surface area contributed by atoms with E-state index in [-0.39, 0.29) is 24.5 Å². The van der Waals surface area contributed by atoms with Crippen LogP contribution >= 0.6 is 0 Å². The van der Waals surface area contributed by atoms with Crippen molar-refractivity contribution in [1.29, 1.82) is 0 Å². The van der Waals surface area contributed by atoms with Crippen molar-refractivity contribution in [2.45, 2.75) is 19.9 Å². The lowest BCUT2D eigenvalue weighted by molar-refractivity contribution is -0.140. The third-order valence-corrected chi connectivity index (χ3v) is 6.26. The van der Waals surface area contributed by atoms with Gasteiger partial charge in [-0.3, -0.25) is 9.59 Å². The SMILES string of the molecule is COc1ccc(OCCN2C(=O)C(=O)/C(=C(/O)c3cc(C)ccc3C)C2c2cccc(OC)c2)cc1. The predicted octanol–water partition coefficient (Wildman–Crippen LogP) is 4.82. The van der Waals surface area contributed by atoms with E-state index in [1.807, 2.05) is 38.1 Å². The van der Waals surface area contributed by atoms with Crippen LogP contribution in [0.5, 0.6) is 17.2 Å². The molecule has 1 aliphatic rings. The summed E-state index contributed by atoms with van der Waals surface area (Å²) in [7, 11) is 3.14. The number of amides is 1. The highest BCUT2D eigenvalue weighted by Gasteiger charge is 2.46. The quantitative estimate of drug-likeness (QED) is 0.279. The minimum absolute atomic E-state index is 0.0476. The van der Waals surface area contributed by atoms with E-state index >= 15 is 0 Å². The highest BCUT2D eigenvalue weighted by Crippen LogP contribution is 2.40. The number of nitrogens with zero attached hydrogens (tertiary/aromatic N) is 1. The Morgan fingerprint density at radius 3 is 2.28 bits per heavy atom. The molecule has 1 amide bonds. The summed E-state index contributed by atoms with van der Waals surface area (Å²) in [6.07, 6.45) is 0. The first kappa shape index (κ1) is 24.9. The number of carbonyl (C=O) groups excluding carboxylic acids is 2. The molecule has 0 radical (unpaired) electrons. The minimum atomic E-state index is -0.792. The molecule has 1 atom stereocenters. The van der Waals surface area contributed by atoms with Gasteiger partial charge in [-0.1, -0.05) is 29.8 Å². The lowest BCUT2D eigenvalue weighted by Crippen LogP contribution is -2.33. The number of aliphatic hydroxyl groups excluding tert-OH is 1. The van der Waals surface area contributed by atoms with Gasteiger partial charge in [-0.25, -0.2) is 0 Å². The maximum absolute atomic E-state index is 13.3. The highest BCUT2D eigenvalue weighted by molar-refractivity contribution is 6.46. The number of methoxy groups -OCH3 is 2. The number of rotatable bonds is 8. The summed E-state index contributed by atoms with van der Waals surface area (Å²) >= 11 is 0. The molecule has 7 heteroatoms. The van der Waals surface area contributed by atoms with Gasteiger partial charge in [0.15, 0.2) is 0 Å². The second-order valence-corrected chi connectivity index (χ2v) is 8.61. The molecule has 36 heavy (non-hydrogen) atoms. The molecule has 1 heterocycles. The van der Waals surface area contributed by atoms with Crippen LogP contribution in [0.3, 0.4) is 0 Å². The number of ketones is 1. The molecule has 7 nitrogen and oxygen atoms in total. The number of carbonyl (C=O) groups is 2. The summed E-state index contributed by atoms with van der Waals surface area (Å²) in [6, 6.07) is 19.1. The van der Waals surface area contributed by atoms with Crippen molar-refractivity contribution in [2.24, 2.45) is 0 Å². The van der Waals surface area contributed by atoms with Crippen LogP contribution in [0.4, 0.5) is 0 Å². The molecule has 3 aromatic carbocycles. The Balaban J connectivity index is 1.72. The summed E-state index contributed by atoms with van der Waals surface area (Å²) in [5, 5.41) is 11.3. The largest absolute Gasteiger partial charge is 0.507 e. The highest BCUT2D eigenvalue weighted by atomic mass is 16.5. The van der Waals surface area contributed by atoms with Gasteiger partial charge in [0.2, 0.25) is 0 Å². The average molecular weight is 488 g/mol. The Hall–Kier alpha value is -4.26. The molecule has 4 rings (SSSR count). The third kappa shape index (κ3) is 4.91. The van der Waals surface area contributed by atoms with Gasteiger partial charge in [-0.05, 0) is 67.4 Å². The zero-order chi connectivity index (χ0) is 25.8. The van der Waals surface area contributed by atoms with Crippen LogP contribution in [0.15, 0.2) is 72.3 Å². The zero-order valence-corrected chi connectivity index (χ0v) is 20.8. The maximum atomic E-state index is 13.3. The average Bonchev–Trinajstić information content (AvgIpc) is 3.15. The fourth-order valence-corrected chi connectivity index (χ4v) is 4.34. The fraction of sp³-hybridized carbons (Fsp3) is 0.241. The Morgan fingerprint density at radius 1 is 0.889 bits per heavy atom. The van der Waals surface area contributed by atoms with Crippen molar-refractivity contribution in [1.82, 2.24) is 4.90 Å². The van der Waals surface area contributed by atoms with Crippen LogP contribution in [0, 0.1) is 13.8 Å². The number of aryl methyl sites for hydroxylation is 2. The summed E-state index contributed by atoms with van der Waals surface area (Å²) in [6.45, 7) is 4.06. The number of likely N-dealkylation sites (tertiary alicyclic amines) is 1. The molecular formula is C29H29NO6. The molecule has 1 unspecified atom stereocenters. The smallest absolute Gasteiger partial charge is 0.295 e. The number of ether oxygens (including phenoxy) is 3. The second-order valence-electron chi connectivity index (χ2n) is 8.61. The van der Waals surface area contributed by atoms with Crippen molar-refractivity contribution in [2.75, 3.05) is 27.4 Å². The van der Waals surface area contributed by atoms with E-state index in [4.69, 9.17) is 14.2 Å². The van der Waals surface area contributed by atoms with E-state index in [2.05, 4.69) is 0 Å². The molecule has 1 aliphatic heterocycles.